The van der Waals surface area contributed by atoms with Gasteiger partial charge in [-0.3, -0.25) is 0 Å². The summed E-state index contributed by atoms with van der Waals surface area (Å²) in [6.07, 6.45) is 5.58. The van der Waals surface area contributed by atoms with Crippen molar-refractivity contribution in [1.29, 1.82) is 5.26 Å². The number of pyridine rings is 1. The molecular formula is C23H20ClN3. The van der Waals surface area contributed by atoms with Gasteiger partial charge >= 0.3 is 0 Å². The minimum Gasteiger partial charge on any atom is -0.356 e. The summed E-state index contributed by atoms with van der Waals surface area (Å²) in [5.41, 5.74) is 3.45. The van der Waals surface area contributed by atoms with Crippen molar-refractivity contribution in [2.75, 3.05) is 18.0 Å². The lowest BCUT2D eigenvalue weighted by Gasteiger charge is -2.29. The van der Waals surface area contributed by atoms with Crippen LogP contribution in [0.5, 0.6) is 0 Å². The van der Waals surface area contributed by atoms with Gasteiger partial charge in [0.1, 0.15) is 5.82 Å². The highest BCUT2D eigenvalue weighted by atomic mass is 35.5. The smallest absolute Gasteiger partial charge is 0.136 e. The molecule has 0 radical (unpaired) electrons. The molecule has 0 aliphatic carbocycles. The minimum atomic E-state index is 0.613. The largest absolute Gasteiger partial charge is 0.356 e. The van der Waals surface area contributed by atoms with Crippen LogP contribution in [0.4, 0.5) is 5.82 Å². The van der Waals surface area contributed by atoms with E-state index >= 15 is 0 Å². The number of hydrogen-bond acceptors (Lipinski definition) is 3. The zero-order valence-electron chi connectivity index (χ0n) is 15.0. The van der Waals surface area contributed by atoms with Gasteiger partial charge < -0.3 is 4.90 Å². The first-order valence-corrected chi connectivity index (χ1v) is 9.65. The number of halogens is 1. The van der Waals surface area contributed by atoms with Gasteiger partial charge in [0.2, 0.25) is 0 Å². The van der Waals surface area contributed by atoms with Crippen LogP contribution in [0.1, 0.15) is 30.4 Å². The Morgan fingerprint density at radius 1 is 1.04 bits per heavy atom. The fourth-order valence-electron chi connectivity index (χ4n) is 3.55. The van der Waals surface area contributed by atoms with Crippen LogP contribution in [0.2, 0.25) is 5.02 Å². The molecule has 2 aromatic carbocycles. The quantitative estimate of drug-likeness (QED) is 0.533. The second-order valence-electron chi connectivity index (χ2n) is 6.82. The molecule has 0 saturated carbocycles. The summed E-state index contributed by atoms with van der Waals surface area (Å²) in [6, 6.07) is 20.0. The Morgan fingerprint density at radius 2 is 1.78 bits per heavy atom. The number of nitriles is 1. The van der Waals surface area contributed by atoms with Gasteiger partial charge in [0, 0.05) is 29.1 Å². The number of benzene rings is 2. The van der Waals surface area contributed by atoms with E-state index in [0.29, 0.717) is 10.6 Å². The van der Waals surface area contributed by atoms with Crippen LogP contribution in [0.15, 0.2) is 54.6 Å². The predicted octanol–water partition coefficient (Wildman–Crippen LogP) is 5.94. The van der Waals surface area contributed by atoms with Gasteiger partial charge in [-0.05, 0) is 55.2 Å². The molecule has 0 bridgehead atoms. The monoisotopic (exact) mass is 373 g/mol. The third kappa shape index (κ3) is 3.82. The van der Waals surface area contributed by atoms with E-state index in [1.54, 1.807) is 0 Å². The van der Waals surface area contributed by atoms with Crippen molar-refractivity contribution < 1.29 is 0 Å². The van der Waals surface area contributed by atoms with Crippen LogP contribution < -0.4 is 4.90 Å². The SMILES string of the molecule is N#CC(=Cc1cc2ccccc2nc1N1CCCCC1)c1ccc(Cl)cc1. The summed E-state index contributed by atoms with van der Waals surface area (Å²) in [7, 11) is 0. The van der Waals surface area contributed by atoms with Crippen LogP contribution in [0.3, 0.4) is 0 Å². The molecule has 0 amide bonds. The molecule has 1 fully saturated rings. The van der Waals surface area contributed by atoms with Crippen LogP contribution in [0.25, 0.3) is 22.6 Å². The highest BCUT2D eigenvalue weighted by Gasteiger charge is 2.17. The standard InChI is InChI=1S/C23H20ClN3/c24-21-10-8-17(9-11-21)20(16-25)15-19-14-18-6-2-3-7-22(18)26-23(19)27-12-4-1-5-13-27/h2-3,6-11,14-15H,1,4-5,12-13H2. The van der Waals surface area contributed by atoms with Crippen molar-refractivity contribution in [3.63, 3.8) is 0 Å². The second-order valence-corrected chi connectivity index (χ2v) is 7.25. The van der Waals surface area contributed by atoms with E-state index < -0.39 is 0 Å². The molecule has 1 aromatic heterocycles. The summed E-state index contributed by atoms with van der Waals surface area (Å²) >= 11 is 5.99. The molecule has 4 rings (SSSR count). The Balaban J connectivity index is 1.85. The molecule has 2 heterocycles. The average molecular weight is 374 g/mol. The van der Waals surface area contributed by atoms with Crippen LogP contribution in [-0.2, 0) is 0 Å². The highest BCUT2D eigenvalue weighted by molar-refractivity contribution is 6.30. The minimum absolute atomic E-state index is 0.613. The number of nitrogens with zero attached hydrogens (tertiary/aromatic N) is 3. The first kappa shape index (κ1) is 17.6. The lowest BCUT2D eigenvalue weighted by atomic mass is 10.0. The molecule has 27 heavy (non-hydrogen) atoms. The highest BCUT2D eigenvalue weighted by Crippen LogP contribution is 2.30. The van der Waals surface area contributed by atoms with Gasteiger partial charge in [-0.15, -0.1) is 0 Å². The topological polar surface area (TPSA) is 39.9 Å². The Morgan fingerprint density at radius 3 is 2.52 bits per heavy atom. The maximum absolute atomic E-state index is 9.74. The Kier molecular flexibility index (Phi) is 5.09. The molecule has 0 unspecified atom stereocenters. The van der Waals surface area contributed by atoms with Crippen molar-refractivity contribution in [3.05, 3.63) is 70.7 Å². The van der Waals surface area contributed by atoms with Crippen molar-refractivity contribution in [2.24, 2.45) is 0 Å². The molecule has 3 aromatic rings. The number of hydrogen-bond donors (Lipinski definition) is 0. The fraction of sp³-hybridized carbons (Fsp3) is 0.217. The van der Waals surface area contributed by atoms with Crippen molar-refractivity contribution in [3.8, 4) is 6.07 Å². The Bertz CT molecular complexity index is 1030. The average Bonchev–Trinajstić information content (AvgIpc) is 2.73. The molecule has 0 N–H and O–H groups in total. The number of para-hydroxylation sites is 1. The van der Waals surface area contributed by atoms with E-state index in [4.69, 9.17) is 16.6 Å². The van der Waals surface area contributed by atoms with Gasteiger partial charge in [0.15, 0.2) is 0 Å². The molecule has 3 nitrogen and oxygen atoms in total. The fourth-order valence-corrected chi connectivity index (χ4v) is 3.68. The summed E-state index contributed by atoms with van der Waals surface area (Å²) in [4.78, 5) is 7.29. The van der Waals surface area contributed by atoms with Crippen molar-refractivity contribution in [2.45, 2.75) is 19.3 Å². The summed E-state index contributed by atoms with van der Waals surface area (Å²) in [5.74, 6) is 0.968. The zero-order chi connectivity index (χ0) is 18.6. The lowest BCUT2D eigenvalue weighted by Crippen LogP contribution is -2.30. The van der Waals surface area contributed by atoms with Crippen molar-refractivity contribution in [1.82, 2.24) is 4.98 Å². The van der Waals surface area contributed by atoms with E-state index in [1.165, 1.54) is 19.3 Å². The Hall–Kier alpha value is -2.83. The number of rotatable bonds is 3. The normalized spacial score (nSPS) is 15.0. The molecule has 134 valence electrons. The summed E-state index contributed by atoms with van der Waals surface area (Å²) in [6.45, 7) is 2.02. The van der Waals surface area contributed by atoms with Crippen molar-refractivity contribution >= 4 is 40.0 Å². The summed E-state index contributed by atoms with van der Waals surface area (Å²) < 4.78 is 0. The molecule has 0 atom stereocenters. The molecule has 1 saturated heterocycles. The third-order valence-corrected chi connectivity index (χ3v) is 5.22. The second kappa shape index (κ2) is 7.82. The van der Waals surface area contributed by atoms with E-state index in [0.717, 1.165) is 40.9 Å². The molecule has 1 aliphatic heterocycles. The number of piperidine rings is 1. The Labute approximate surface area is 164 Å². The molecule has 1 aliphatic rings. The number of anilines is 1. The van der Waals surface area contributed by atoms with E-state index in [9.17, 15) is 5.26 Å². The maximum Gasteiger partial charge on any atom is 0.136 e. The van der Waals surface area contributed by atoms with Gasteiger partial charge in [-0.1, -0.05) is 41.9 Å². The number of allylic oxidation sites excluding steroid dienone is 1. The van der Waals surface area contributed by atoms with Crippen LogP contribution in [-0.4, -0.2) is 18.1 Å². The molecular weight excluding hydrogens is 354 g/mol. The lowest BCUT2D eigenvalue weighted by molar-refractivity contribution is 0.574. The van der Waals surface area contributed by atoms with E-state index in [1.807, 2.05) is 48.5 Å². The van der Waals surface area contributed by atoms with Crippen LogP contribution in [0, 0.1) is 11.3 Å². The van der Waals surface area contributed by atoms with Crippen LogP contribution >= 0.6 is 11.6 Å². The number of fused-ring (bicyclic) bond motifs is 1. The van der Waals surface area contributed by atoms with Gasteiger partial charge in [0.25, 0.3) is 0 Å². The maximum atomic E-state index is 9.74. The van der Waals surface area contributed by atoms with Gasteiger partial charge in [-0.2, -0.15) is 5.26 Å². The predicted molar refractivity (Wildman–Crippen MR) is 113 cm³/mol. The third-order valence-electron chi connectivity index (χ3n) is 4.96. The van der Waals surface area contributed by atoms with Gasteiger partial charge in [0.05, 0.1) is 17.2 Å². The first-order valence-electron chi connectivity index (χ1n) is 9.27. The zero-order valence-corrected chi connectivity index (χ0v) is 15.8. The van der Waals surface area contributed by atoms with E-state index in [-0.39, 0.29) is 0 Å². The van der Waals surface area contributed by atoms with Gasteiger partial charge in [-0.25, -0.2) is 4.98 Å². The summed E-state index contributed by atoms with van der Waals surface area (Å²) in [5, 5.41) is 11.5. The molecule has 0 spiro atoms. The van der Waals surface area contributed by atoms with E-state index in [2.05, 4.69) is 23.1 Å². The number of aromatic nitrogens is 1. The first-order chi connectivity index (χ1) is 13.2. The molecule has 4 heteroatoms.